The first-order chi connectivity index (χ1) is 8.10. The van der Waals surface area contributed by atoms with E-state index in [9.17, 15) is 9.59 Å². The van der Waals surface area contributed by atoms with Crippen LogP contribution in [0.1, 0.15) is 19.8 Å². The first-order valence-electron chi connectivity index (χ1n) is 6.01. The molecule has 0 radical (unpaired) electrons. The van der Waals surface area contributed by atoms with Crippen LogP contribution in [0.3, 0.4) is 0 Å². The van der Waals surface area contributed by atoms with Crippen molar-refractivity contribution in [2.75, 3.05) is 40.3 Å². The Balaban J connectivity index is 3.66. The molecule has 0 aromatic rings. The lowest BCUT2D eigenvalue weighted by atomic mass is 10.4. The van der Waals surface area contributed by atoms with Gasteiger partial charge in [-0.25, -0.2) is 4.79 Å². The molecule has 0 atom stereocenters. The molecule has 0 heterocycles. The summed E-state index contributed by atoms with van der Waals surface area (Å²) in [5.74, 6) is -0.273. The summed E-state index contributed by atoms with van der Waals surface area (Å²) in [5, 5.41) is 7.92. The monoisotopic (exact) mass is 244 g/mol. The van der Waals surface area contributed by atoms with E-state index in [1.807, 2.05) is 25.9 Å². The van der Waals surface area contributed by atoms with Gasteiger partial charge in [0.15, 0.2) is 0 Å². The first kappa shape index (κ1) is 15.9. The molecule has 6 heteroatoms. The normalized spacial score (nSPS) is 10.4. The Morgan fingerprint density at radius 3 is 2.53 bits per heavy atom. The Bertz CT molecular complexity index is 234. The van der Waals surface area contributed by atoms with Gasteiger partial charge >= 0.3 is 6.03 Å². The highest BCUT2D eigenvalue weighted by molar-refractivity contribution is 5.95. The molecule has 3 N–H and O–H groups in total. The van der Waals surface area contributed by atoms with Gasteiger partial charge in [0.1, 0.15) is 0 Å². The van der Waals surface area contributed by atoms with E-state index in [1.54, 1.807) is 0 Å². The number of carbonyl (C=O) groups is 2. The maximum atomic E-state index is 11.4. The van der Waals surface area contributed by atoms with Crippen molar-refractivity contribution in [3.05, 3.63) is 0 Å². The Morgan fingerprint density at radius 2 is 1.94 bits per heavy atom. The van der Waals surface area contributed by atoms with Crippen molar-refractivity contribution in [3.8, 4) is 0 Å². The van der Waals surface area contributed by atoms with Crippen LogP contribution in [0.5, 0.6) is 0 Å². The zero-order valence-electron chi connectivity index (χ0n) is 11.0. The van der Waals surface area contributed by atoms with Crippen LogP contribution < -0.4 is 16.0 Å². The molecule has 0 saturated heterocycles. The summed E-state index contributed by atoms with van der Waals surface area (Å²) in [6.45, 7) is 4.52. The molecule has 0 unspecified atom stereocenters. The second-order valence-electron chi connectivity index (χ2n) is 4.00. The molecule has 0 saturated carbocycles. The molecule has 17 heavy (non-hydrogen) atoms. The Kier molecular flexibility index (Phi) is 9.37. The first-order valence-corrected chi connectivity index (χ1v) is 6.01. The maximum absolute atomic E-state index is 11.4. The minimum absolute atomic E-state index is 0.239. The molecule has 6 nitrogen and oxygen atoms in total. The molecule has 0 aliphatic heterocycles. The number of rotatable bonds is 8. The van der Waals surface area contributed by atoms with Crippen molar-refractivity contribution in [2.45, 2.75) is 19.8 Å². The van der Waals surface area contributed by atoms with Crippen LogP contribution in [0.25, 0.3) is 0 Å². The van der Waals surface area contributed by atoms with Gasteiger partial charge in [-0.2, -0.15) is 0 Å². The van der Waals surface area contributed by atoms with Crippen molar-refractivity contribution in [3.63, 3.8) is 0 Å². The fourth-order valence-corrected chi connectivity index (χ4v) is 1.30. The fourth-order valence-electron chi connectivity index (χ4n) is 1.30. The summed E-state index contributed by atoms with van der Waals surface area (Å²) < 4.78 is 0. The van der Waals surface area contributed by atoms with Gasteiger partial charge < -0.3 is 10.6 Å². The smallest absolute Gasteiger partial charge is 0.321 e. The highest BCUT2D eigenvalue weighted by atomic mass is 16.2. The largest absolute Gasteiger partial charge is 0.338 e. The zero-order chi connectivity index (χ0) is 13.1. The topological polar surface area (TPSA) is 73.5 Å². The number of amides is 3. The molecular formula is C11H24N4O2. The predicted octanol–water partition coefficient (Wildman–Crippen LogP) is -0.236. The number of hydrogen-bond donors (Lipinski definition) is 3. The average Bonchev–Trinajstić information content (AvgIpc) is 2.26. The fraction of sp³-hybridized carbons (Fsp3) is 0.818. The summed E-state index contributed by atoms with van der Waals surface area (Å²) >= 11 is 0. The molecule has 0 aromatic heterocycles. The highest BCUT2D eigenvalue weighted by Gasteiger charge is 2.09. The van der Waals surface area contributed by atoms with Gasteiger partial charge in [-0.3, -0.25) is 15.0 Å². The molecule has 0 spiro atoms. The Morgan fingerprint density at radius 1 is 1.24 bits per heavy atom. The average molecular weight is 244 g/mol. The van der Waals surface area contributed by atoms with E-state index < -0.39 is 6.03 Å². The van der Waals surface area contributed by atoms with Crippen molar-refractivity contribution < 1.29 is 9.59 Å². The van der Waals surface area contributed by atoms with Gasteiger partial charge in [-0.15, -0.1) is 0 Å². The van der Waals surface area contributed by atoms with Gasteiger partial charge in [0.2, 0.25) is 5.91 Å². The third-order valence-electron chi connectivity index (χ3n) is 2.17. The van der Waals surface area contributed by atoms with E-state index in [1.165, 1.54) is 0 Å². The summed E-state index contributed by atoms with van der Waals surface area (Å²) in [6.07, 6.45) is 1.83. The third kappa shape index (κ3) is 9.77. The molecule has 0 rings (SSSR count). The molecule has 0 fully saturated rings. The number of hydrogen-bond acceptors (Lipinski definition) is 4. The van der Waals surface area contributed by atoms with Crippen LogP contribution >= 0.6 is 0 Å². The lowest BCUT2D eigenvalue weighted by Gasteiger charge is -2.15. The van der Waals surface area contributed by atoms with Gasteiger partial charge in [-0.05, 0) is 40.0 Å². The number of urea groups is 1. The quantitative estimate of drug-likeness (QED) is 0.515. The van der Waals surface area contributed by atoms with E-state index >= 15 is 0 Å². The Labute approximate surface area is 103 Å². The van der Waals surface area contributed by atoms with Crippen molar-refractivity contribution in [1.29, 1.82) is 0 Å². The highest BCUT2D eigenvalue weighted by Crippen LogP contribution is 1.86. The van der Waals surface area contributed by atoms with Crippen LogP contribution in [0.4, 0.5) is 4.79 Å². The standard InChI is InChI=1S/C11H24N4O2/c1-4-6-13-11(17)14-10(16)9-15(3)8-5-7-12-2/h12H,4-9H2,1-3H3,(H2,13,14,16,17). The van der Waals surface area contributed by atoms with Crippen molar-refractivity contribution >= 4 is 11.9 Å². The summed E-state index contributed by atoms with van der Waals surface area (Å²) in [6, 6.07) is -0.416. The minimum atomic E-state index is -0.416. The lowest BCUT2D eigenvalue weighted by molar-refractivity contribution is -0.120. The third-order valence-corrected chi connectivity index (χ3v) is 2.17. The van der Waals surface area contributed by atoms with Crippen LogP contribution in [-0.2, 0) is 4.79 Å². The molecule has 0 aromatic carbocycles. The Hall–Kier alpha value is -1.14. The minimum Gasteiger partial charge on any atom is -0.338 e. The van der Waals surface area contributed by atoms with Crippen LogP contribution in [-0.4, -0.2) is 57.1 Å². The second-order valence-corrected chi connectivity index (χ2v) is 4.00. The summed E-state index contributed by atoms with van der Waals surface area (Å²) in [7, 11) is 3.75. The lowest BCUT2D eigenvalue weighted by Crippen LogP contribution is -2.44. The van der Waals surface area contributed by atoms with E-state index in [0.29, 0.717) is 6.54 Å². The van der Waals surface area contributed by atoms with Gasteiger partial charge in [0.25, 0.3) is 0 Å². The molecule has 0 bridgehead atoms. The number of nitrogens with zero attached hydrogens (tertiary/aromatic N) is 1. The van der Waals surface area contributed by atoms with Crippen molar-refractivity contribution in [2.24, 2.45) is 0 Å². The summed E-state index contributed by atoms with van der Waals surface area (Å²) in [5.41, 5.74) is 0. The predicted molar refractivity (Wildman–Crippen MR) is 67.9 cm³/mol. The zero-order valence-corrected chi connectivity index (χ0v) is 11.0. The van der Waals surface area contributed by atoms with E-state index in [0.717, 1.165) is 25.9 Å². The van der Waals surface area contributed by atoms with Crippen LogP contribution in [0.2, 0.25) is 0 Å². The summed E-state index contributed by atoms with van der Waals surface area (Å²) in [4.78, 5) is 24.5. The molecule has 0 aliphatic carbocycles. The van der Waals surface area contributed by atoms with E-state index in [2.05, 4.69) is 16.0 Å². The molecule has 100 valence electrons. The van der Waals surface area contributed by atoms with Crippen molar-refractivity contribution in [1.82, 2.24) is 20.9 Å². The van der Waals surface area contributed by atoms with Gasteiger partial charge in [-0.1, -0.05) is 6.92 Å². The van der Waals surface area contributed by atoms with Gasteiger partial charge in [0.05, 0.1) is 6.54 Å². The van der Waals surface area contributed by atoms with E-state index in [4.69, 9.17) is 0 Å². The molecule has 0 aliphatic rings. The number of carbonyl (C=O) groups excluding carboxylic acids is 2. The SMILES string of the molecule is CCCNC(=O)NC(=O)CN(C)CCCNC. The number of likely N-dealkylation sites (N-methyl/N-ethyl adjacent to an activating group) is 1. The van der Waals surface area contributed by atoms with Crippen LogP contribution in [0.15, 0.2) is 0 Å². The second kappa shape index (κ2) is 10.0. The number of nitrogens with one attached hydrogen (secondary N) is 3. The van der Waals surface area contributed by atoms with Crippen LogP contribution in [0, 0.1) is 0 Å². The molecule has 3 amide bonds. The van der Waals surface area contributed by atoms with E-state index in [-0.39, 0.29) is 12.5 Å². The van der Waals surface area contributed by atoms with Gasteiger partial charge in [0, 0.05) is 6.54 Å². The molecular weight excluding hydrogens is 220 g/mol. The number of imide groups is 1. The maximum Gasteiger partial charge on any atom is 0.321 e.